The fraction of sp³-hybridized carbons (Fsp3) is 0.278. The number of halogens is 1. The van der Waals surface area contributed by atoms with Gasteiger partial charge in [-0.05, 0) is 44.5 Å². The first kappa shape index (κ1) is 20.5. The van der Waals surface area contributed by atoms with Crippen molar-refractivity contribution in [2.75, 3.05) is 7.11 Å². The van der Waals surface area contributed by atoms with Gasteiger partial charge in [0.2, 0.25) is 0 Å². The summed E-state index contributed by atoms with van der Waals surface area (Å²) < 4.78 is 11.1. The van der Waals surface area contributed by atoms with Crippen molar-refractivity contribution in [3.63, 3.8) is 0 Å². The third-order valence-electron chi connectivity index (χ3n) is 3.83. The first-order valence-electron chi connectivity index (χ1n) is 8.04. The van der Waals surface area contributed by atoms with Gasteiger partial charge in [0.05, 0.1) is 12.7 Å². The van der Waals surface area contributed by atoms with E-state index in [2.05, 4.69) is 31.8 Å². The van der Waals surface area contributed by atoms with E-state index in [-0.39, 0.29) is 5.69 Å². The molecule has 0 saturated carbocycles. The minimum atomic E-state index is -0.836. The fourth-order valence-electron chi connectivity index (χ4n) is 2.47. The number of carbonyl (C=O) groups is 3. The van der Waals surface area contributed by atoms with Crippen LogP contribution in [0.3, 0.4) is 0 Å². The van der Waals surface area contributed by atoms with Crippen LogP contribution in [0.5, 0.6) is 5.75 Å². The van der Waals surface area contributed by atoms with Gasteiger partial charge in [-0.2, -0.15) is 0 Å². The molecule has 27 heavy (non-hydrogen) atoms. The number of benzene rings is 1. The van der Waals surface area contributed by atoms with E-state index in [1.165, 1.54) is 7.11 Å². The van der Waals surface area contributed by atoms with Crippen LogP contribution in [0.1, 0.15) is 39.0 Å². The predicted molar refractivity (Wildman–Crippen MR) is 101 cm³/mol. The summed E-state index contributed by atoms with van der Waals surface area (Å²) in [7, 11) is 1.26. The molecule has 9 heteroatoms. The molecule has 2 aromatic rings. The molecule has 1 heterocycles. The number of hydrazine groups is 1. The molecule has 1 atom stereocenters. The first-order valence-corrected chi connectivity index (χ1v) is 8.83. The number of nitrogens with one attached hydrogen (secondary N) is 3. The number of hydrogen-bond donors (Lipinski definition) is 3. The SMILES string of the molecule is COC(=O)c1c(C)[nH]c(C(=O)NNC(=O)C(C)Oc2cccc(Br)c2)c1C. The Hall–Kier alpha value is -2.81. The zero-order valence-electron chi connectivity index (χ0n) is 15.3. The Balaban J connectivity index is 1.99. The van der Waals surface area contributed by atoms with Crippen molar-refractivity contribution >= 4 is 33.7 Å². The summed E-state index contributed by atoms with van der Waals surface area (Å²) in [6.07, 6.45) is -0.836. The third kappa shape index (κ3) is 4.88. The molecule has 0 bridgehead atoms. The maximum atomic E-state index is 12.3. The van der Waals surface area contributed by atoms with Crippen molar-refractivity contribution in [3.05, 3.63) is 51.3 Å². The van der Waals surface area contributed by atoms with Crippen molar-refractivity contribution in [1.82, 2.24) is 15.8 Å². The molecule has 0 saturated heterocycles. The molecular weight excluding hydrogens is 418 g/mol. The summed E-state index contributed by atoms with van der Waals surface area (Å²) >= 11 is 3.32. The number of aromatic nitrogens is 1. The standard InChI is InChI=1S/C18H20BrN3O5/c1-9-14(18(25)26-4)10(2)20-15(9)17(24)22-21-16(23)11(3)27-13-7-5-6-12(19)8-13/h5-8,11,20H,1-4H3,(H,21,23)(H,22,24). The minimum Gasteiger partial charge on any atom is -0.481 e. The van der Waals surface area contributed by atoms with Gasteiger partial charge in [0.25, 0.3) is 11.8 Å². The molecule has 2 rings (SSSR count). The van der Waals surface area contributed by atoms with E-state index in [9.17, 15) is 14.4 Å². The van der Waals surface area contributed by atoms with E-state index in [1.807, 2.05) is 6.07 Å². The molecule has 3 N–H and O–H groups in total. The van der Waals surface area contributed by atoms with E-state index >= 15 is 0 Å². The molecule has 0 spiro atoms. The van der Waals surface area contributed by atoms with Gasteiger partial charge in [-0.25, -0.2) is 4.79 Å². The van der Waals surface area contributed by atoms with Gasteiger partial charge >= 0.3 is 5.97 Å². The Morgan fingerprint density at radius 3 is 2.52 bits per heavy atom. The zero-order chi connectivity index (χ0) is 20.1. The zero-order valence-corrected chi connectivity index (χ0v) is 16.9. The highest BCUT2D eigenvalue weighted by molar-refractivity contribution is 9.10. The molecule has 8 nitrogen and oxygen atoms in total. The van der Waals surface area contributed by atoms with E-state index in [0.29, 0.717) is 22.6 Å². The second-order valence-electron chi connectivity index (χ2n) is 5.78. The predicted octanol–water partition coefficient (Wildman–Crippen LogP) is 2.41. The monoisotopic (exact) mass is 437 g/mol. The molecule has 0 fully saturated rings. The van der Waals surface area contributed by atoms with Crippen molar-refractivity contribution < 1.29 is 23.9 Å². The number of aryl methyl sites for hydroxylation is 1. The lowest BCUT2D eigenvalue weighted by Crippen LogP contribution is -2.47. The molecule has 1 aromatic heterocycles. The maximum Gasteiger partial charge on any atom is 0.339 e. The lowest BCUT2D eigenvalue weighted by molar-refractivity contribution is -0.128. The molecule has 144 valence electrons. The maximum absolute atomic E-state index is 12.3. The van der Waals surface area contributed by atoms with Crippen LogP contribution >= 0.6 is 15.9 Å². The Bertz CT molecular complexity index is 878. The second kappa shape index (κ2) is 8.72. The number of methoxy groups -OCH3 is 1. The Morgan fingerprint density at radius 1 is 1.19 bits per heavy atom. The molecule has 0 radical (unpaired) electrons. The first-order chi connectivity index (χ1) is 12.7. The molecule has 0 aliphatic carbocycles. The summed E-state index contributed by atoms with van der Waals surface area (Å²) in [6, 6.07) is 7.05. The molecule has 2 amide bonds. The molecule has 0 aliphatic heterocycles. The van der Waals surface area contributed by atoms with Crippen LogP contribution in [-0.4, -0.2) is 36.0 Å². The summed E-state index contributed by atoms with van der Waals surface area (Å²) in [4.78, 5) is 39.1. The average molecular weight is 438 g/mol. The Kier molecular flexibility index (Phi) is 6.62. The molecule has 0 aliphatic rings. The number of aromatic amines is 1. The number of ether oxygens (including phenoxy) is 2. The van der Waals surface area contributed by atoms with Crippen LogP contribution in [0.15, 0.2) is 28.7 Å². The van der Waals surface area contributed by atoms with Gasteiger partial charge in [-0.3, -0.25) is 20.4 Å². The molecular formula is C18H20BrN3O5. The fourth-order valence-corrected chi connectivity index (χ4v) is 2.84. The number of H-pyrrole nitrogens is 1. The van der Waals surface area contributed by atoms with Crippen LogP contribution in [0.4, 0.5) is 0 Å². The van der Waals surface area contributed by atoms with E-state index in [0.717, 1.165) is 4.47 Å². The summed E-state index contributed by atoms with van der Waals surface area (Å²) in [5, 5.41) is 0. The summed E-state index contributed by atoms with van der Waals surface area (Å²) in [5.74, 6) is -1.15. The smallest absolute Gasteiger partial charge is 0.339 e. The van der Waals surface area contributed by atoms with Crippen molar-refractivity contribution in [1.29, 1.82) is 0 Å². The van der Waals surface area contributed by atoms with Crippen molar-refractivity contribution in [2.45, 2.75) is 26.9 Å². The normalized spacial score (nSPS) is 11.4. The van der Waals surface area contributed by atoms with Crippen LogP contribution in [0.2, 0.25) is 0 Å². The van der Waals surface area contributed by atoms with Crippen molar-refractivity contribution in [3.8, 4) is 5.75 Å². The van der Waals surface area contributed by atoms with Crippen LogP contribution < -0.4 is 15.6 Å². The highest BCUT2D eigenvalue weighted by atomic mass is 79.9. The van der Waals surface area contributed by atoms with Gasteiger partial charge in [-0.1, -0.05) is 22.0 Å². The summed E-state index contributed by atoms with van der Waals surface area (Å²) in [5.41, 5.74) is 6.00. The van der Waals surface area contributed by atoms with Crippen LogP contribution in [-0.2, 0) is 9.53 Å². The quantitative estimate of drug-likeness (QED) is 0.491. The van der Waals surface area contributed by atoms with Crippen molar-refractivity contribution in [2.24, 2.45) is 0 Å². The minimum absolute atomic E-state index is 0.161. The summed E-state index contributed by atoms with van der Waals surface area (Å²) in [6.45, 7) is 4.83. The van der Waals surface area contributed by atoms with Crippen LogP contribution in [0.25, 0.3) is 0 Å². The van der Waals surface area contributed by atoms with Gasteiger partial charge in [0.15, 0.2) is 6.10 Å². The van der Waals surface area contributed by atoms with E-state index < -0.39 is 23.9 Å². The van der Waals surface area contributed by atoms with Gasteiger partial charge in [0.1, 0.15) is 11.4 Å². The molecule has 1 aromatic carbocycles. The second-order valence-corrected chi connectivity index (χ2v) is 6.69. The van der Waals surface area contributed by atoms with Crippen LogP contribution in [0, 0.1) is 13.8 Å². The highest BCUT2D eigenvalue weighted by Crippen LogP contribution is 2.19. The Morgan fingerprint density at radius 2 is 1.89 bits per heavy atom. The lowest BCUT2D eigenvalue weighted by Gasteiger charge is -2.15. The number of rotatable bonds is 5. The van der Waals surface area contributed by atoms with Gasteiger partial charge in [0, 0.05) is 10.2 Å². The third-order valence-corrected chi connectivity index (χ3v) is 4.32. The largest absolute Gasteiger partial charge is 0.481 e. The van der Waals surface area contributed by atoms with E-state index in [1.54, 1.807) is 39.0 Å². The van der Waals surface area contributed by atoms with E-state index in [4.69, 9.17) is 9.47 Å². The number of esters is 1. The van der Waals surface area contributed by atoms with Gasteiger partial charge < -0.3 is 14.5 Å². The lowest BCUT2D eigenvalue weighted by atomic mass is 10.1. The average Bonchev–Trinajstić information content (AvgIpc) is 2.93. The number of hydrogen-bond acceptors (Lipinski definition) is 5. The number of carbonyl (C=O) groups excluding carboxylic acids is 3. The topological polar surface area (TPSA) is 110 Å². The number of amides is 2. The molecule has 1 unspecified atom stereocenters. The Labute approximate surface area is 164 Å². The van der Waals surface area contributed by atoms with Gasteiger partial charge in [-0.15, -0.1) is 0 Å². The highest BCUT2D eigenvalue weighted by Gasteiger charge is 2.23.